The van der Waals surface area contributed by atoms with Crippen molar-refractivity contribution in [1.82, 2.24) is 10.2 Å². The van der Waals surface area contributed by atoms with Crippen molar-refractivity contribution in [2.24, 2.45) is 0 Å². The first-order valence-electron chi connectivity index (χ1n) is 12.6. The molecule has 1 atom stereocenters. The third kappa shape index (κ3) is 6.90. The summed E-state index contributed by atoms with van der Waals surface area (Å²) in [6.45, 7) is 2.89. The number of hydrogen-bond donors (Lipinski definition) is 1. The van der Waals surface area contributed by atoms with Gasteiger partial charge in [-0.3, -0.25) is 13.9 Å². The molecule has 0 aliphatic heterocycles. The van der Waals surface area contributed by atoms with Crippen LogP contribution >= 0.6 is 0 Å². The van der Waals surface area contributed by atoms with Crippen LogP contribution in [0.5, 0.6) is 11.5 Å². The highest BCUT2D eigenvalue weighted by Crippen LogP contribution is 2.36. The molecule has 0 heterocycles. The molecule has 0 fully saturated rings. The number of anilines is 1. The number of sulfonamides is 1. The minimum Gasteiger partial charge on any atom is -0.497 e. The number of halogens is 1. The predicted octanol–water partition coefficient (Wildman–Crippen LogP) is 3.90. The van der Waals surface area contributed by atoms with Crippen LogP contribution < -0.4 is 19.1 Å². The number of carbonyl (C=O) groups excluding carboxylic acids is 2. The lowest BCUT2D eigenvalue weighted by Crippen LogP contribution is -2.51. The third-order valence-electron chi connectivity index (χ3n) is 6.44. The Labute approximate surface area is 234 Å². The fraction of sp³-hybridized carbons (Fsp3) is 0.310. The summed E-state index contributed by atoms with van der Waals surface area (Å²) in [5.41, 5.74) is 1.52. The van der Waals surface area contributed by atoms with Gasteiger partial charge in [0.15, 0.2) is 0 Å². The molecule has 9 nitrogen and oxygen atoms in total. The first-order chi connectivity index (χ1) is 19.0. The number of hydrogen-bond acceptors (Lipinski definition) is 6. The van der Waals surface area contributed by atoms with Crippen molar-refractivity contribution in [3.8, 4) is 11.5 Å². The zero-order valence-corrected chi connectivity index (χ0v) is 24.0. The average Bonchev–Trinajstić information content (AvgIpc) is 2.96. The molecule has 0 aliphatic rings. The van der Waals surface area contributed by atoms with Crippen LogP contribution in [0.25, 0.3) is 0 Å². The molecular formula is C29H34FN3O6S. The number of nitrogens with one attached hydrogen (secondary N) is 1. The van der Waals surface area contributed by atoms with Crippen LogP contribution in [-0.4, -0.2) is 59.0 Å². The van der Waals surface area contributed by atoms with E-state index in [1.54, 1.807) is 31.2 Å². The van der Waals surface area contributed by atoms with E-state index in [-0.39, 0.29) is 29.3 Å². The van der Waals surface area contributed by atoms with Crippen molar-refractivity contribution >= 4 is 27.5 Å². The number of likely N-dealkylation sites (N-methyl/N-ethyl adjacent to an activating group) is 1. The Morgan fingerprint density at radius 2 is 1.62 bits per heavy atom. The molecule has 2 amide bonds. The van der Waals surface area contributed by atoms with Crippen LogP contribution in [0, 0.1) is 12.7 Å². The first kappa shape index (κ1) is 30.4. The molecule has 0 spiro atoms. The number of benzene rings is 3. The Bertz CT molecular complexity index is 1430. The zero-order chi connectivity index (χ0) is 29.4. The van der Waals surface area contributed by atoms with E-state index in [1.165, 1.54) is 68.6 Å². The van der Waals surface area contributed by atoms with Gasteiger partial charge in [0, 0.05) is 19.7 Å². The van der Waals surface area contributed by atoms with Gasteiger partial charge in [0.25, 0.3) is 10.0 Å². The van der Waals surface area contributed by atoms with Crippen LogP contribution in [0.2, 0.25) is 0 Å². The number of carbonyl (C=O) groups is 2. The summed E-state index contributed by atoms with van der Waals surface area (Å²) in [4.78, 5) is 28.1. The molecule has 0 bridgehead atoms. The van der Waals surface area contributed by atoms with Gasteiger partial charge in [0.05, 0.1) is 24.8 Å². The molecule has 0 aromatic heterocycles. The summed E-state index contributed by atoms with van der Waals surface area (Å²) in [5.74, 6) is -0.939. The van der Waals surface area contributed by atoms with Crippen LogP contribution in [0.15, 0.2) is 71.6 Å². The molecule has 0 saturated heterocycles. The van der Waals surface area contributed by atoms with Crippen molar-refractivity contribution in [2.75, 3.05) is 32.1 Å². The summed E-state index contributed by atoms with van der Waals surface area (Å²) in [6, 6.07) is 15.5. The molecule has 214 valence electrons. The lowest BCUT2D eigenvalue weighted by molar-refractivity contribution is -0.140. The van der Waals surface area contributed by atoms with Crippen LogP contribution in [0.4, 0.5) is 10.1 Å². The number of ether oxygens (including phenoxy) is 2. The monoisotopic (exact) mass is 571 g/mol. The quantitative estimate of drug-likeness (QED) is 0.354. The number of aryl methyl sites for hydroxylation is 1. The molecule has 1 N–H and O–H groups in total. The van der Waals surface area contributed by atoms with Gasteiger partial charge >= 0.3 is 0 Å². The second-order valence-electron chi connectivity index (χ2n) is 9.05. The smallest absolute Gasteiger partial charge is 0.264 e. The van der Waals surface area contributed by atoms with E-state index in [4.69, 9.17) is 9.47 Å². The molecule has 0 saturated carbocycles. The Kier molecular flexibility index (Phi) is 10.1. The van der Waals surface area contributed by atoms with Crippen molar-refractivity contribution < 1.29 is 31.9 Å². The Morgan fingerprint density at radius 3 is 2.17 bits per heavy atom. The van der Waals surface area contributed by atoms with E-state index in [9.17, 15) is 22.4 Å². The highest BCUT2D eigenvalue weighted by molar-refractivity contribution is 7.92. The predicted molar refractivity (Wildman–Crippen MR) is 150 cm³/mol. The number of nitrogens with zero attached hydrogens (tertiary/aromatic N) is 2. The van der Waals surface area contributed by atoms with Crippen LogP contribution in [-0.2, 0) is 26.2 Å². The van der Waals surface area contributed by atoms with Gasteiger partial charge in [0.1, 0.15) is 29.9 Å². The zero-order valence-electron chi connectivity index (χ0n) is 23.2. The fourth-order valence-electron chi connectivity index (χ4n) is 4.22. The van der Waals surface area contributed by atoms with Crippen molar-refractivity contribution in [1.29, 1.82) is 0 Å². The van der Waals surface area contributed by atoms with E-state index >= 15 is 0 Å². The highest BCUT2D eigenvalue weighted by atomic mass is 32.2. The fourth-order valence-corrected chi connectivity index (χ4v) is 5.63. The van der Waals surface area contributed by atoms with E-state index in [2.05, 4.69) is 5.32 Å². The summed E-state index contributed by atoms with van der Waals surface area (Å²) in [6.07, 6.45) is 0.264. The Balaban J connectivity index is 2.14. The molecule has 0 radical (unpaired) electrons. The second kappa shape index (κ2) is 13.3. The molecule has 3 aromatic carbocycles. The van der Waals surface area contributed by atoms with Crippen LogP contribution in [0.3, 0.4) is 0 Å². The molecule has 3 aromatic rings. The minimum atomic E-state index is -4.29. The maximum atomic E-state index is 14.0. The molecule has 3 rings (SSSR count). The van der Waals surface area contributed by atoms with Gasteiger partial charge in [-0.05, 0) is 55.3 Å². The van der Waals surface area contributed by atoms with E-state index < -0.39 is 40.2 Å². The van der Waals surface area contributed by atoms with Gasteiger partial charge in [-0.2, -0.15) is 0 Å². The second-order valence-corrected chi connectivity index (χ2v) is 10.9. The normalized spacial score (nSPS) is 11.8. The van der Waals surface area contributed by atoms with E-state index in [1.807, 2.05) is 6.92 Å². The van der Waals surface area contributed by atoms with Crippen molar-refractivity contribution in [3.63, 3.8) is 0 Å². The lowest BCUT2D eigenvalue weighted by Gasteiger charge is -2.33. The molecule has 0 aliphatic carbocycles. The van der Waals surface area contributed by atoms with Crippen LogP contribution in [0.1, 0.15) is 24.5 Å². The van der Waals surface area contributed by atoms with Gasteiger partial charge in [0.2, 0.25) is 11.8 Å². The topological polar surface area (TPSA) is 105 Å². The van der Waals surface area contributed by atoms with Gasteiger partial charge < -0.3 is 19.7 Å². The lowest BCUT2D eigenvalue weighted by atomic mass is 10.1. The van der Waals surface area contributed by atoms with Gasteiger partial charge in [-0.15, -0.1) is 0 Å². The maximum absolute atomic E-state index is 14.0. The SMILES string of the molecule is CC[C@@H](C(=O)NC)N(Cc1ccc(F)cc1)C(=O)CN(c1cc(OC)ccc1OC)S(=O)(=O)c1ccc(C)cc1. The largest absolute Gasteiger partial charge is 0.497 e. The summed E-state index contributed by atoms with van der Waals surface area (Å²) >= 11 is 0. The molecule has 0 unspecified atom stereocenters. The molecule has 11 heteroatoms. The van der Waals surface area contributed by atoms with Crippen molar-refractivity contribution in [2.45, 2.75) is 37.8 Å². The Morgan fingerprint density at radius 1 is 0.975 bits per heavy atom. The number of rotatable bonds is 12. The minimum absolute atomic E-state index is 0.0285. The average molecular weight is 572 g/mol. The first-order valence-corrected chi connectivity index (χ1v) is 14.1. The van der Waals surface area contributed by atoms with Crippen molar-refractivity contribution in [3.05, 3.63) is 83.7 Å². The maximum Gasteiger partial charge on any atom is 0.264 e. The molecular weight excluding hydrogens is 537 g/mol. The summed E-state index contributed by atoms with van der Waals surface area (Å²) in [5, 5.41) is 2.56. The Hall–Kier alpha value is -4.12. The number of methoxy groups -OCH3 is 2. The molecule has 40 heavy (non-hydrogen) atoms. The van der Waals surface area contributed by atoms with Gasteiger partial charge in [-0.25, -0.2) is 12.8 Å². The number of amides is 2. The van der Waals surface area contributed by atoms with E-state index in [0.717, 1.165) is 9.87 Å². The highest BCUT2D eigenvalue weighted by Gasteiger charge is 2.34. The summed E-state index contributed by atoms with van der Waals surface area (Å²) in [7, 11) is -0.00259. The standard InChI is InChI=1S/C29H34FN3O6S/c1-6-25(29(35)31-3)32(18-21-9-11-22(30)12-10-21)28(34)19-33(26-17-23(38-4)13-16-27(26)39-5)40(36,37)24-14-7-20(2)8-15-24/h7-17,25H,6,18-19H2,1-5H3,(H,31,35)/t25-/m0/s1. The third-order valence-corrected chi connectivity index (χ3v) is 8.22. The van der Waals surface area contributed by atoms with E-state index in [0.29, 0.717) is 11.3 Å². The summed E-state index contributed by atoms with van der Waals surface area (Å²) < 4.78 is 53.4. The van der Waals surface area contributed by atoms with Gasteiger partial charge in [-0.1, -0.05) is 36.8 Å².